The van der Waals surface area contributed by atoms with Crippen LogP contribution >= 0.6 is 0 Å². The highest BCUT2D eigenvalue weighted by Gasteiger charge is 2.44. The zero-order valence-electron chi connectivity index (χ0n) is 20.8. The number of likely N-dealkylation sites (tertiary alicyclic amines) is 1. The van der Waals surface area contributed by atoms with Gasteiger partial charge in [0.05, 0.1) is 12.6 Å². The maximum Gasteiger partial charge on any atom is 0.248 e. The molecule has 4 rings (SSSR count). The lowest BCUT2D eigenvalue weighted by Gasteiger charge is -2.34. The molecule has 1 aliphatic heterocycles. The molecule has 9 heteroatoms. The van der Waals surface area contributed by atoms with Gasteiger partial charge < -0.3 is 27.4 Å². The van der Waals surface area contributed by atoms with Crippen LogP contribution in [-0.2, 0) is 27.8 Å². The first-order valence-corrected chi connectivity index (χ1v) is 12.4. The smallest absolute Gasteiger partial charge is 0.248 e. The Bertz CT molecular complexity index is 1250. The van der Waals surface area contributed by atoms with E-state index in [4.69, 9.17) is 17.2 Å². The van der Waals surface area contributed by atoms with Crippen molar-refractivity contribution in [1.29, 1.82) is 5.26 Å². The second-order valence-electron chi connectivity index (χ2n) is 9.70. The van der Waals surface area contributed by atoms with Crippen molar-refractivity contribution in [3.8, 4) is 6.07 Å². The summed E-state index contributed by atoms with van der Waals surface area (Å²) >= 11 is 0. The van der Waals surface area contributed by atoms with E-state index in [9.17, 15) is 19.6 Å². The average molecular weight is 501 g/mol. The van der Waals surface area contributed by atoms with Gasteiger partial charge in [0.15, 0.2) is 0 Å². The molecule has 3 amide bonds. The minimum Gasteiger partial charge on any atom is -0.399 e. The average Bonchev–Trinajstić information content (AvgIpc) is 3.31. The van der Waals surface area contributed by atoms with E-state index in [0.29, 0.717) is 43.6 Å². The van der Waals surface area contributed by atoms with Crippen LogP contribution in [0.5, 0.6) is 0 Å². The number of amides is 3. The maximum absolute atomic E-state index is 13.4. The van der Waals surface area contributed by atoms with Crippen molar-refractivity contribution < 1.29 is 14.4 Å². The van der Waals surface area contributed by atoms with E-state index in [2.05, 4.69) is 18.0 Å². The molecule has 2 atom stereocenters. The van der Waals surface area contributed by atoms with Crippen LogP contribution in [0.15, 0.2) is 43.0 Å². The molecule has 37 heavy (non-hydrogen) atoms. The molecule has 0 aromatic heterocycles. The Kier molecular flexibility index (Phi) is 7.32. The first-order chi connectivity index (χ1) is 17.7. The first kappa shape index (κ1) is 25.9. The van der Waals surface area contributed by atoms with Gasteiger partial charge in [0, 0.05) is 17.8 Å². The number of benzene rings is 2. The molecule has 192 valence electrons. The second-order valence-corrected chi connectivity index (χ2v) is 9.70. The molecule has 1 saturated heterocycles. The van der Waals surface area contributed by atoms with Crippen LogP contribution in [0.2, 0.25) is 0 Å². The fourth-order valence-electron chi connectivity index (χ4n) is 5.63. The van der Waals surface area contributed by atoms with Gasteiger partial charge in [-0.15, -0.1) is 0 Å². The molecule has 1 aliphatic carbocycles. The van der Waals surface area contributed by atoms with E-state index in [-0.39, 0.29) is 18.9 Å². The third-order valence-electron chi connectivity index (χ3n) is 7.54. The van der Waals surface area contributed by atoms with Crippen molar-refractivity contribution >= 4 is 23.4 Å². The van der Waals surface area contributed by atoms with Gasteiger partial charge in [-0.3, -0.25) is 14.4 Å². The van der Waals surface area contributed by atoms with Crippen molar-refractivity contribution in [2.24, 2.45) is 17.2 Å². The maximum atomic E-state index is 13.4. The Morgan fingerprint density at radius 2 is 1.68 bits per heavy atom. The summed E-state index contributed by atoms with van der Waals surface area (Å²) in [7, 11) is 0. The standard InChI is InChI=1S/C28H32N6O3/c1-17(30)18-6-8-23-19(13-18)4-5-20-14-21(26(31)36)7-9-24(20)28(23,27(32)37)10-11-33-16-25(35)34-12-2-3-22(34)15-29/h6-9,13-14,22,33H,1-5,10-12,16,30H2,(H2,31,36)(H2,32,37). The first-order valence-electron chi connectivity index (χ1n) is 12.4. The number of nitrogens with zero attached hydrogens (tertiary/aromatic N) is 2. The number of aryl methyl sites for hydroxylation is 2. The Morgan fingerprint density at radius 1 is 1.05 bits per heavy atom. The minimum absolute atomic E-state index is 0.0548. The highest BCUT2D eigenvalue weighted by atomic mass is 16.2. The van der Waals surface area contributed by atoms with E-state index in [1.807, 2.05) is 18.2 Å². The number of nitrogens with two attached hydrogens (primary N) is 3. The van der Waals surface area contributed by atoms with E-state index in [1.165, 1.54) is 0 Å². The van der Waals surface area contributed by atoms with Gasteiger partial charge >= 0.3 is 0 Å². The monoisotopic (exact) mass is 500 g/mol. The summed E-state index contributed by atoms with van der Waals surface area (Å²) in [4.78, 5) is 39.5. The van der Waals surface area contributed by atoms with Crippen molar-refractivity contribution in [3.63, 3.8) is 0 Å². The molecule has 2 aromatic carbocycles. The lowest BCUT2D eigenvalue weighted by atomic mass is 9.69. The number of fused-ring (bicyclic) bond motifs is 2. The number of nitrogens with one attached hydrogen (secondary N) is 1. The van der Waals surface area contributed by atoms with Crippen molar-refractivity contribution in [2.45, 2.75) is 43.6 Å². The highest BCUT2D eigenvalue weighted by Crippen LogP contribution is 2.43. The lowest BCUT2D eigenvalue weighted by molar-refractivity contribution is -0.130. The van der Waals surface area contributed by atoms with Gasteiger partial charge in [-0.2, -0.15) is 5.26 Å². The molecule has 1 heterocycles. The number of hydrogen-bond donors (Lipinski definition) is 4. The van der Waals surface area contributed by atoms with E-state index in [0.717, 1.165) is 34.2 Å². The molecule has 1 fully saturated rings. The topological polar surface area (TPSA) is 168 Å². The molecule has 2 aromatic rings. The molecule has 0 spiro atoms. The molecule has 7 N–H and O–H groups in total. The fourth-order valence-corrected chi connectivity index (χ4v) is 5.63. The third kappa shape index (κ3) is 4.80. The van der Waals surface area contributed by atoms with E-state index in [1.54, 1.807) is 23.1 Å². The summed E-state index contributed by atoms with van der Waals surface area (Å²) in [5.74, 6) is -1.22. The van der Waals surface area contributed by atoms with E-state index >= 15 is 0 Å². The van der Waals surface area contributed by atoms with Gasteiger partial charge in [-0.05, 0) is 84.7 Å². The summed E-state index contributed by atoms with van der Waals surface area (Å²) in [5.41, 5.74) is 21.2. The van der Waals surface area contributed by atoms with Crippen molar-refractivity contribution in [2.75, 3.05) is 19.6 Å². The second kappa shape index (κ2) is 10.4. The van der Waals surface area contributed by atoms with Crippen LogP contribution < -0.4 is 22.5 Å². The van der Waals surface area contributed by atoms with Crippen LogP contribution in [0.3, 0.4) is 0 Å². The summed E-state index contributed by atoms with van der Waals surface area (Å²) in [5, 5.41) is 12.4. The number of carbonyl (C=O) groups excluding carboxylic acids is 3. The number of rotatable bonds is 8. The Balaban J connectivity index is 1.69. The molecule has 2 aliphatic rings. The van der Waals surface area contributed by atoms with Crippen LogP contribution in [0, 0.1) is 11.3 Å². The molecular weight excluding hydrogens is 468 g/mol. The van der Waals surface area contributed by atoms with Crippen LogP contribution in [-0.4, -0.2) is 48.3 Å². The van der Waals surface area contributed by atoms with Crippen LogP contribution in [0.1, 0.15) is 57.4 Å². The molecule has 0 bridgehead atoms. The van der Waals surface area contributed by atoms with Gasteiger partial charge in [-0.1, -0.05) is 24.8 Å². The van der Waals surface area contributed by atoms with Crippen molar-refractivity contribution in [1.82, 2.24) is 10.2 Å². The third-order valence-corrected chi connectivity index (χ3v) is 7.54. The Hall–Kier alpha value is -4.16. The predicted octanol–water partition coefficient (Wildman–Crippen LogP) is 1.08. The number of carbonyl (C=O) groups is 3. The zero-order chi connectivity index (χ0) is 26.7. The molecule has 9 nitrogen and oxygen atoms in total. The van der Waals surface area contributed by atoms with Gasteiger partial charge in [0.2, 0.25) is 17.7 Å². The normalized spacial score (nSPS) is 20.3. The predicted molar refractivity (Wildman–Crippen MR) is 140 cm³/mol. The zero-order valence-corrected chi connectivity index (χ0v) is 20.8. The summed E-state index contributed by atoms with van der Waals surface area (Å²) in [6, 6.07) is 12.5. The van der Waals surface area contributed by atoms with Gasteiger partial charge in [0.25, 0.3) is 0 Å². The fraction of sp³-hybridized carbons (Fsp3) is 0.357. The highest BCUT2D eigenvalue weighted by molar-refractivity contribution is 5.95. The molecule has 2 unspecified atom stereocenters. The SMILES string of the molecule is C=C(N)c1ccc2c(c1)CCc1cc(C(N)=O)ccc1C2(CCNCC(=O)N1CCCC1C#N)C(N)=O. The summed E-state index contributed by atoms with van der Waals surface area (Å²) in [6.07, 6.45) is 2.97. The van der Waals surface area contributed by atoms with Crippen molar-refractivity contribution in [3.05, 3.63) is 76.4 Å². The quantitative estimate of drug-likeness (QED) is 0.395. The van der Waals surface area contributed by atoms with Crippen LogP contribution in [0.4, 0.5) is 0 Å². The van der Waals surface area contributed by atoms with Gasteiger partial charge in [0.1, 0.15) is 11.5 Å². The molecule has 0 radical (unpaired) electrons. The summed E-state index contributed by atoms with van der Waals surface area (Å²) in [6.45, 7) is 4.78. The molecular formula is C28H32N6O3. The number of primary amides is 2. The van der Waals surface area contributed by atoms with Crippen LogP contribution in [0.25, 0.3) is 5.70 Å². The largest absolute Gasteiger partial charge is 0.399 e. The Morgan fingerprint density at radius 3 is 2.24 bits per heavy atom. The summed E-state index contributed by atoms with van der Waals surface area (Å²) < 4.78 is 0. The number of hydrogen-bond acceptors (Lipinski definition) is 6. The minimum atomic E-state index is -1.20. The molecule has 0 saturated carbocycles. The number of nitriles is 1. The van der Waals surface area contributed by atoms with E-state index < -0.39 is 23.3 Å². The van der Waals surface area contributed by atoms with Gasteiger partial charge in [-0.25, -0.2) is 0 Å². The lowest BCUT2D eigenvalue weighted by Crippen LogP contribution is -2.46. The Labute approximate surface area is 216 Å².